The van der Waals surface area contributed by atoms with Gasteiger partial charge in [-0.05, 0) is 48.4 Å². The molecule has 2 N–H and O–H groups in total. The molecule has 0 unspecified atom stereocenters. The molecule has 0 atom stereocenters. The van der Waals surface area contributed by atoms with Crippen LogP contribution in [-0.4, -0.2) is 39.4 Å². The minimum absolute atomic E-state index is 0.166. The number of rotatable bonds is 9. The van der Waals surface area contributed by atoms with Gasteiger partial charge in [0.2, 0.25) is 11.8 Å². The molecule has 0 aliphatic heterocycles. The van der Waals surface area contributed by atoms with E-state index in [4.69, 9.17) is 4.74 Å². The molecule has 3 rings (SSSR count). The van der Waals surface area contributed by atoms with Crippen LogP contribution in [0.25, 0.3) is 11.4 Å². The van der Waals surface area contributed by atoms with E-state index in [0.29, 0.717) is 22.4 Å². The van der Waals surface area contributed by atoms with E-state index in [9.17, 15) is 9.59 Å². The Morgan fingerprint density at radius 1 is 1.06 bits per heavy atom. The minimum atomic E-state index is -0.167. The van der Waals surface area contributed by atoms with Gasteiger partial charge in [0.1, 0.15) is 5.75 Å². The van der Waals surface area contributed by atoms with Gasteiger partial charge in [0.25, 0.3) is 0 Å². The molecule has 32 heavy (non-hydrogen) atoms. The Kier molecular flexibility index (Phi) is 7.88. The van der Waals surface area contributed by atoms with E-state index in [1.54, 1.807) is 31.4 Å². The van der Waals surface area contributed by atoms with Gasteiger partial charge in [-0.2, -0.15) is 0 Å². The smallest absolute Gasteiger partial charge is 0.234 e. The molecule has 1 aromatic heterocycles. The highest BCUT2D eigenvalue weighted by atomic mass is 32.2. The maximum Gasteiger partial charge on any atom is 0.234 e. The van der Waals surface area contributed by atoms with Gasteiger partial charge in [-0.1, -0.05) is 31.7 Å². The largest absolute Gasteiger partial charge is 0.497 e. The second kappa shape index (κ2) is 10.8. The maximum absolute atomic E-state index is 12.5. The number of methoxy groups -OCH3 is 1. The summed E-state index contributed by atoms with van der Waals surface area (Å²) >= 11 is 1.34. The maximum atomic E-state index is 12.5. The lowest BCUT2D eigenvalue weighted by Gasteiger charge is -2.13. The first-order valence-electron chi connectivity index (χ1n) is 10.2. The van der Waals surface area contributed by atoms with Crippen LogP contribution in [0.3, 0.4) is 0 Å². The second-order valence-corrected chi connectivity index (χ2v) is 8.58. The van der Waals surface area contributed by atoms with Crippen LogP contribution in [0.4, 0.5) is 11.4 Å². The number of nitrogens with one attached hydrogen (secondary N) is 2. The molecule has 0 fully saturated rings. The minimum Gasteiger partial charge on any atom is -0.497 e. The molecule has 0 radical (unpaired) electrons. The Morgan fingerprint density at radius 3 is 2.38 bits per heavy atom. The molecule has 0 saturated carbocycles. The van der Waals surface area contributed by atoms with Gasteiger partial charge in [0, 0.05) is 30.4 Å². The van der Waals surface area contributed by atoms with Crippen molar-refractivity contribution in [2.24, 2.45) is 5.92 Å². The van der Waals surface area contributed by atoms with E-state index in [1.807, 2.05) is 28.8 Å². The van der Waals surface area contributed by atoms with Crippen molar-refractivity contribution in [2.45, 2.75) is 32.5 Å². The first kappa shape index (κ1) is 23.3. The zero-order valence-electron chi connectivity index (χ0n) is 18.6. The van der Waals surface area contributed by atoms with Crippen molar-refractivity contribution >= 4 is 35.0 Å². The molecule has 2 aromatic carbocycles. The number of nitrogens with zero attached hydrogens (tertiary/aromatic N) is 3. The van der Waals surface area contributed by atoms with Gasteiger partial charge >= 0.3 is 0 Å². The van der Waals surface area contributed by atoms with Crippen LogP contribution in [0.5, 0.6) is 5.75 Å². The van der Waals surface area contributed by atoms with Crippen molar-refractivity contribution in [1.82, 2.24) is 14.8 Å². The number of amides is 2. The van der Waals surface area contributed by atoms with E-state index in [2.05, 4.69) is 34.7 Å². The zero-order chi connectivity index (χ0) is 23.1. The van der Waals surface area contributed by atoms with E-state index in [1.165, 1.54) is 18.7 Å². The van der Waals surface area contributed by atoms with Crippen LogP contribution < -0.4 is 15.4 Å². The average Bonchev–Trinajstić information content (AvgIpc) is 3.14. The third-order valence-electron chi connectivity index (χ3n) is 4.41. The standard InChI is InChI=1S/C23H27N5O3S/c1-15(2)13-28-22(17-8-10-20(31-4)11-9-17)26-27-23(28)32-14-21(30)25-19-7-5-6-18(12-19)24-16(3)29/h5-12,15H,13-14H2,1-4H3,(H,24,29)(H,25,30). The SMILES string of the molecule is COc1ccc(-c2nnc(SCC(=O)Nc3cccc(NC(C)=O)c3)n2CC(C)C)cc1. The lowest BCUT2D eigenvalue weighted by molar-refractivity contribution is -0.114. The summed E-state index contributed by atoms with van der Waals surface area (Å²) in [5.41, 5.74) is 2.18. The van der Waals surface area contributed by atoms with Crippen molar-refractivity contribution in [3.8, 4) is 17.1 Å². The number of ether oxygens (including phenoxy) is 1. The second-order valence-electron chi connectivity index (χ2n) is 7.64. The Hall–Kier alpha value is -3.33. The van der Waals surface area contributed by atoms with Crippen LogP contribution in [0.1, 0.15) is 20.8 Å². The van der Waals surface area contributed by atoms with Gasteiger partial charge in [-0.3, -0.25) is 9.59 Å². The third-order valence-corrected chi connectivity index (χ3v) is 5.38. The van der Waals surface area contributed by atoms with E-state index < -0.39 is 0 Å². The van der Waals surface area contributed by atoms with Crippen LogP contribution in [0.15, 0.2) is 53.7 Å². The van der Waals surface area contributed by atoms with Crippen LogP contribution in [0, 0.1) is 5.92 Å². The molecule has 3 aromatic rings. The lowest BCUT2D eigenvalue weighted by atomic mass is 10.2. The molecule has 0 saturated heterocycles. The normalized spacial score (nSPS) is 10.8. The van der Waals surface area contributed by atoms with Crippen LogP contribution in [-0.2, 0) is 16.1 Å². The summed E-state index contributed by atoms with van der Waals surface area (Å²) in [6.45, 7) is 6.43. The number of hydrogen-bond acceptors (Lipinski definition) is 6. The van der Waals surface area contributed by atoms with Gasteiger partial charge in [-0.15, -0.1) is 10.2 Å². The highest BCUT2D eigenvalue weighted by molar-refractivity contribution is 7.99. The monoisotopic (exact) mass is 453 g/mol. The predicted molar refractivity (Wildman–Crippen MR) is 127 cm³/mol. The molecule has 0 aliphatic carbocycles. The molecule has 0 bridgehead atoms. The fourth-order valence-corrected chi connectivity index (χ4v) is 3.83. The summed E-state index contributed by atoms with van der Waals surface area (Å²) in [5.74, 6) is 1.77. The van der Waals surface area contributed by atoms with Crippen molar-refractivity contribution in [3.63, 3.8) is 0 Å². The van der Waals surface area contributed by atoms with Crippen molar-refractivity contribution < 1.29 is 14.3 Å². The van der Waals surface area contributed by atoms with Gasteiger partial charge in [0.15, 0.2) is 11.0 Å². The highest BCUT2D eigenvalue weighted by Gasteiger charge is 2.17. The summed E-state index contributed by atoms with van der Waals surface area (Å²) < 4.78 is 7.28. The molecular formula is C23H27N5O3S. The number of aromatic nitrogens is 3. The van der Waals surface area contributed by atoms with Gasteiger partial charge in [0.05, 0.1) is 12.9 Å². The van der Waals surface area contributed by atoms with E-state index >= 15 is 0 Å². The number of hydrogen-bond donors (Lipinski definition) is 2. The molecule has 0 aliphatic rings. The average molecular weight is 454 g/mol. The topological polar surface area (TPSA) is 98.1 Å². The van der Waals surface area contributed by atoms with E-state index in [0.717, 1.165) is 23.7 Å². The summed E-state index contributed by atoms with van der Waals surface area (Å²) in [4.78, 5) is 23.7. The number of benzene rings is 2. The van der Waals surface area contributed by atoms with Crippen molar-refractivity contribution in [2.75, 3.05) is 23.5 Å². The lowest BCUT2D eigenvalue weighted by Crippen LogP contribution is -2.15. The molecule has 1 heterocycles. The first-order chi connectivity index (χ1) is 15.4. The van der Waals surface area contributed by atoms with Crippen molar-refractivity contribution in [1.29, 1.82) is 0 Å². The van der Waals surface area contributed by atoms with Crippen molar-refractivity contribution in [3.05, 3.63) is 48.5 Å². The molecule has 8 nitrogen and oxygen atoms in total. The van der Waals surface area contributed by atoms with Crippen LogP contribution in [0.2, 0.25) is 0 Å². The molecular weight excluding hydrogens is 426 g/mol. The molecule has 2 amide bonds. The Morgan fingerprint density at radius 2 is 1.75 bits per heavy atom. The van der Waals surface area contributed by atoms with Gasteiger partial charge in [-0.25, -0.2) is 0 Å². The predicted octanol–water partition coefficient (Wildman–Crippen LogP) is 4.30. The number of anilines is 2. The third kappa shape index (κ3) is 6.34. The molecule has 168 valence electrons. The summed E-state index contributed by atoms with van der Waals surface area (Å²) in [7, 11) is 1.63. The zero-order valence-corrected chi connectivity index (χ0v) is 19.4. The molecule has 0 spiro atoms. The fourth-order valence-electron chi connectivity index (χ4n) is 3.08. The molecule has 9 heteroatoms. The Bertz CT molecular complexity index is 1080. The van der Waals surface area contributed by atoms with Gasteiger partial charge < -0.3 is 19.9 Å². The number of carbonyl (C=O) groups is 2. The number of thioether (sulfide) groups is 1. The quantitative estimate of drug-likeness (QED) is 0.469. The van der Waals surface area contributed by atoms with Crippen LogP contribution >= 0.6 is 11.8 Å². The Labute approximate surface area is 191 Å². The summed E-state index contributed by atoms with van der Waals surface area (Å²) in [6, 6.07) is 14.7. The first-order valence-corrected chi connectivity index (χ1v) is 11.2. The summed E-state index contributed by atoms with van der Waals surface area (Å²) in [6.07, 6.45) is 0. The number of carbonyl (C=O) groups excluding carboxylic acids is 2. The van der Waals surface area contributed by atoms with E-state index in [-0.39, 0.29) is 17.6 Å². The fraction of sp³-hybridized carbons (Fsp3) is 0.304. The highest BCUT2D eigenvalue weighted by Crippen LogP contribution is 2.27. The summed E-state index contributed by atoms with van der Waals surface area (Å²) in [5, 5.41) is 15.0. The Balaban J connectivity index is 1.70.